The van der Waals surface area contributed by atoms with Gasteiger partial charge in [-0.05, 0) is 55.4 Å². The number of anilines is 1. The molecule has 4 rings (SSSR count). The molecule has 1 aliphatic carbocycles. The number of aromatic nitrogens is 2. The molecule has 6 nitrogen and oxygen atoms in total. The smallest absolute Gasteiger partial charge is 0.255 e. The van der Waals surface area contributed by atoms with Crippen LogP contribution in [0.3, 0.4) is 0 Å². The van der Waals surface area contributed by atoms with Crippen LogP contribution in [0.4, 0.5) is 5.82 Å². The van der Waals surface area contributed by atoms with Crippen LogP contribution in [0.5, 0.6) is 0 Å². The zero-order chi connectivity index (χ0) is 19.3. The summed E-state index contributed by atoms with van der Waals surface area (Å²) < 4.78 is 1.77. The van der Waals surface area contributed by atoms with Crippen molar-refractivity contribution in [3.63, 3.8) is 0 Å². The minimum atomic E-state index is -0.141. The van der Waals surface area contributed by atoms with Gasteiger partial charge in [0, 0.05) is 43.8 Å². The van der Waals surface area contributed by atoms with Gasteiger partial charge in [0.1, 0.15) is 0 Å². The molecule has 2 heterocycles. The molecule has 0 spiro atoms. The van der Waals surface area contributed by atoms with Crippen molar-refractivity contribution in [3.8, 4) is 11.3 Å². The van der Waals surface area contributed by atoms with Crippen molar-refractivity contribution in [1.82, 2.24) is 14.7 Å². The van der Waals surface area contributed by atoms with Crippen LogP contribution in [0, 0.1) is 5.92 Å². The van der Waals surface area contributed by atoms with E-state index in [4.69, 9.17) is 0 Å². The van der Waals surface area contributed by atoms with Crippen molar-refractivity contribution < 1.29 is 9.59 Å². The molecule has 1 atom stereocenters. The number of hydrogen-bond donors (Lipinski definition) is 1. The van der Waals surface area contributed by atoms with Gasteiger partial charge >= 0.3 is 0 Å². The molecule has 1 N–H and O–H groups in total. The Hall–Kier alpha value is -2.63. The topological polar surface area (TPSA) is 67.2 Å². The van der Waals surface area contributed by atoms with Crippen LogP contribution >= 0.6 is 0 Å². The average molecular weight is 366 g/mol. The molecule has 0 unspecified atom stereocenters. The quantitative estimate of drug-likeness (QED) is 0.882. The van der Waals surface area contributed by atoms with E-state index in [9.17, 15) is 9.59 Å². The van der Waals surface area contributed by atoms with E-state index in [1.165, 1.54) is 19.8 Å². The fraction of sp³-hybridized carbons (Fsp3) is 0.476. The fourth-order valence-corrected chi connectivity index (χ4v) is 4.13. The van der Waals surface area contributed by atoms with Gasteiger partial charge in [-0.1, -0.05) is 6.92 Å². The largest absolute Gasteiger partial charge is 0.331 e. The zero-order valence-electron chi connectivity index (χ0n) is 16.4. The number of nitrogens with zero attached hydrogens (tertiary/aromatic N) is 3. The third-order valence-corrected chi connectivity index (χ3v) is 5.77. The van der Waals surface area contributed by atoms with Gasteiger partial charge in [0.25, 0.3) is 5.91 Å². The molecular formula is C21H26N4O2. The number of aryl methyl sites for hydroxylation is 2. The first-order valence-corrected chi connectivity index (χ1v) is 9.67. The van der Waals surface area contributed by atoms with Crippen LogP contribution in [0.15, 0.2) is 18.2 Å². The molecule has 142 valence electrons. The van der Waals surface area contributed by atoms with Crippen molar-refractivity contribution in [3.05, 3.63) is 34.9 Å². The molecule has 27 heavy (non-hydrogen) atoms. The highest BCUT2D eigenvalue weighted by molar-refractivity contribution is 6.01. The molecule has 0 radical (unpaired) electrons. The number of rotatable bonds is 5. The second-order valence-corrected chi connectivity index (χ2v) is 7.75. The Morgan fingerprint density at radius 1 is 1.33 bits per heavy atom. The zero-order valence-corrected chi connectivity index (χ0v) is 16.4. The summed E-state index contributed by atoms with van der Waals surface area (Å²) >= 11 is 0. The van der Waals surface area contributed by atoms with Crippen LogP contribution in [0.1, 0.15) is 55.1 Å². The van der Waals surface area contributed by atoms with E-state index in [0.717, 1.165) is 34.4 Å². The van der Waals surface area contributed by atoms with Crippen molar-refractivity contribution in [1.29, 1.82) is 0 Å². The molecule has 1 aromatic heterocycles. The third kappa shape index (κ3) is 3.13. The van der Waals surface area contributed by atoms with E-state index in [-0.39, 0.29) is 11.8 Å². The van der Waals surface area contributed by atoms with E-state index in [0.29, 0.717) is 24.3 Å². The highest BCUT2D eigenvalue weighted by Gasteiger charge is 2.39. The summed E-state index contributed by atoms with van der Waals surface area (Å²) in [4.78, 5) is 26.4. The number of carbonyl (C=O) groups is 2. The highest BCUT2D eigenvalue weighted by Crippen LogP contribution is 2.40. The number of hydrogen-bond acceptors (Lipinski definition) is 3. The first kappa shape index (κ1) is 17.8. The normalized spacial score (nSPS) is 17.2. The molecule has 1 aliphatic heterocycles. The van der Waals surface area contributed by atoms with E-state index in [1.54, 1.807) is 4.68 Å². The van der Waals surface area contributed by atoms with Gasteiger partial charge in [-0.25, -0.2) is 0 Å². The lowest BCUT2D eigenvalue weighted by Crippen LogP contribution is -2.34. The second kappa shape index (κ2) is 6.51. The van der Waals surface area contributed by atoms with Crippen LogP contribution < -0.4 is 5.32 Å². The molecule has 2 aromatic rings. The summed E-state index contributed by atoms with van der Waals surface area (Å²) in [6, 6.07) is 6.39. The van der Waals surface area contributed by atoms with E-state index < -0.39 is 0 Å². The second-order valence-electron chi connectivity index (χ2n) is 7.75. The van der Waals surface area contributed by atoms with E-state index >= 15 is 0 Å². The van der Waals surface area contributed by atoms with Crippen molar-refractivity contribution in [2.24, 2.45) is 13.0 Å². The highest BCUT2D eigenvalue weighted by atomic mass is 16.2. The van der Waals surface area contributed by atoms with Gasteiger partial charge in [-0.3, -0.25) is 14.3 Å². The van der Waals surface area contributed by atoms with Crippen molar-refractivity contribution >= 4 is 17.6 Å². The van der Waals surface area contributed by atoms with Gasteiger partial charge in [-0.15, -0.1) is 0 Å². The van der Waals surface area contributed by atoms with Crippen molar-refractivity contribution in [2.75, 3.05) is 5.32 Å². The Morgan fingerprint density at radius 2 is 2.07 bits per heavy atom. The Bertz CT molecular complexity index is 927. The third-order valence-electron chi connectivity index (χ3n) is 5.77. The minimum Gasteiger partial charge on any atom is -0.331 e. The van der Waals surface area contributed by atoms with Gasteiger partial charge in [0.15, 0.2) is 5.82 Å². The Balaban J connectivity index is 1.72. The first-order chi connectivity index (χ1) is 12.9. The average Bonchev–Trinajstić information content (AvgIpc) is 3.33. The predicted molar refractivity (Wildman–Crippen MR) is 104 cm³/mol. The Labute approximate surface area is 159 Å². The summed E-state index contributed by atoms with van der Waals surface area (Å²) in [6.45, 7) is 6.42. The van der Waals surface area contributed by atoms with E-state index in [1.807, 2.05) is 18.0 Å². The lowest BCUT2D eigenvalue weighted by atomic mass is 9.96. The van der Waals surface area contributed by atoms with E-state index in [2.05, 4.69) is 36.4 Å². The standard InChI is InChI=1S/C21H26N4O2/c1-5-14-8-16(18-10-19(22-13(3)26)23-24(18)4)9-17-11-25(21(27)20(14)17)12(2)15-6-7-15/h8-10,12,15H,5-7,11H2,1-4H3,(H,22,23,26)/t12-/m0/s1. The molecule has 0 saturated heterocycles. The Kier molecular flexibility index (Phi) is 4.29. The molecule has 1 aromatic carbocycles. The molecule has 0 bridgehead atoms. The number of carbonyl (C=O) groups excluding carboxylic acids is 2. The first-order valence-electron chi connectivity index (χ1n) is 9.67. The summed E-state index contributed by atoms with van der Waals surface area (Å²) in [7, 11) is 1.87. The molecule has 2 aliphatic rings. The van der Waals surface area contributed by atoms with Crippen LogP contribution in [0.2, 0.25) is 0 Å². The van der Waals surface area contributed by atoms with Gasteiger partial charge in [0.2, 0.25) is 5.91 Å². The number of amides is 2. The molecule has 2 amide bonds. The predicted octanol–water partition coefficient (Wildman–Crippen LogP) is 3.36. The maximum Gasteiger partial charge on any atom is 0.255 e. The minimum absolute atomic E-state index is 0.141. The van der Waals surface area contributed by atoms with Gasteiger partial charge in [-0.2, -0.15) is 5.10 Å². The number of benzene rings is 1. The molecule has 1 fully saturated rings. The van der Waals surface area contributed by atoms with Gasteiger partial charge < -0.3 is 10.2 Å². The molecule has 6 heteroatoms. The Morgan fingerprint density at radius 3 is 2.70 bits per heavy atom. The number of fused-ring (bicyclic) bond motifs is 1. The SMILES string of the molecule is CCc1cc(-c2cc(NC(C)=O)nn2C)cc2c1C(=O)N([C@@H](C)C1CC1)C2. The van der Waals surface area contributed by atoms with Crippen LogP contribution in [-0.4, -0.2) is 32.5 Å². The van der Waals surface area contributed by atoms with Crippen LogP contribution in [-0.2, 0) is 24.8 Å². The fourth-order valence-electron chi connectivity index (χ4n) is 4.13. The monoisotopic (exact) mass is 366 g/mol. The summed E-state index contributed by atoms with van der Waals surface area (Å²) in [5.41, 5.74) is 5.03. The van der Waals surface area contributed by atoms with Crippen molar-refractivity contribution in [2.45, 2.75) is 52.6 Å². The molecule has 1 saturated carbocycles. The lowest BCUT2D eigenvalue weighted by molar-refractivity contribution is -0.114. The maximum absolute atomic E-state index is 13.1. The van der Waals surface area contributed by atoms with Gasteiger partial charge in [0.05, 0.1) is 5.69 Å². The lowest BCUT2D eigenvalue weighted by Gasteiger charge is -2.24. The maximum atomic E-state index is 13.1. The molecular weight excluding hydrogens is 340 g/mol. The summed E-state index contributed by atoms with van der Waals surface area (Å²) in [5, 5.41) is 7.11. The van der Waals surface area contributed by atoms with Crippen LogP contribution in [0.25, 0.3) is 11.3 Å². The summed E-state index contributed by atoms with van der Waals surface area (Å²) in [6.07, 6.45) is 3.27. The summed E-state index contributed by atoms with van der Waals surface area (Å²) in [5.74, 6) is 1.23. The number of nitrogens with one attached hydrogen (secondary N) is 1.